The van der Waals surface area contributed by atoms with Crippen molar-refractivity contribution in [3.05, 3.63) is 24.3 Å². The Morgan fingerprint density at radius 1 is 0.302 bits per heavy atom. The number of ether oxygens (including phenoxy) is 14. The molecule has 0 aromatic rings. The number of allylic oxidation sites excluding steroid dienone is 3. The van der Waals surface area contributed by atoms with Gasteiger partial charge in [-0.1, -0.05) is 192 Å². The highest BCUT2D eigenvalue weighted by molar-refractivity contribution is 5.76. The van der Waals surface area contributed by atoms with Crippen LogP contribution in [0.15, 0.2) is 24.3 Å². The van der Waals surface area contributed by atoms with E-state index in [0.717, 1.165) is 78.1 Å². The highest BCUT2D eigenvalue weighted by atomic mass is 16.8. The molecule has 24 N–H and O–H groups in total. The smallest absolute Gasteiger partial charge is 0.220 e. The minimum atomic E-state index is -2.31. The van der Waals surface area contributed by atoms with Crippen LogP contribution < -0.4 is 16.0 Å². The van der Waals surface area contributed by atoms with E-state index in [-0.39, 0.29) is 12.3 Å². The van der Waals surface area contributed by atoms with Crippen LogP contribution in [-0.2, 0) is 80.7 Å². The summed E-state index contributed by atoms with van der Waals surface area (Å²) in [6.45, 7) is -1.23. The second-order valence-corrected chi connectivity index (χ2v) is 35.2. The maximum atomic E-state index is 13.6. The van der Waals surface area contributed by atoms with Crippen LogP contribution in [0.5, 0.6) is 0 Å². The number of rotatable bonds is 60. The van der Waals surface area contributed by atoms with Crippen LogP contribution in [0.3, 0.4) is 0 Å². The third kappa shape index (κ3) is 34.3. The summed E-state index contributed by atoms with van der Waals surface area (Å²) in [6.07, 6.45) is -22.6. The molecule has 41 nitrogen and oxygen atoms in total. The fourth-order valence-corrected chi connectivity index (χ4v) is 17.3. The molecule has 0 aromatic heterocycles. The number of hydrogen-bond donors (Lipinski definition) is 24. The molecule has 7 saturated heterocycles. The van der Waals surface area contributed by atoms with Crippen molar-refractivity contribution in [1.82, 2.24) is 16.0 Å². The maximum Gasteiger partial charge on any atom is 0.220 e. The first kappa shape index (κ1) is 112. The predicted molar refractivity (Wildman–Crippen MR) is 454 cm³/mol. The molecule has 0 aliphatic carbocycles. The Hall–Kier alpha value is -3.51. The third-order valence-electron chi connectivity index (χ3n) is 25.0. The van der Waals surface area contributed by atoms with Gasteiger partial charge in [0.2, 0.25) is 17.7 Å². The molecule has 752 valence electrons. The second-order valence-electron chi connectivity index (χ2n) is 35.2. The molecule has 0 spiro atoms. The van der Waals surface area contributed by atoms with Crippen LogP contribution in [0.4, 0.5) is 0 Å². The summed E-state index contributed by atoms with van der Waals surface area (Å²) in [6, 6.07) is -4.83. The standard InChI is InChI=1S/C88H157N3O38/c1-5-7-9-11-13-15-17-19-20-21-22-23-24-25-26-28-30-32-34-36-38-40-60(102)91-51(52(101)39-37-35-33-31-29-27-18-16-14-12-10-8-6-2)48-116-84-72(112)70(110)78(59(47-98)123-84)126-88-74(114)80(65(105)55(43-94)120-88)128-83-61(89-49(3)99)67(107)76(57(45-96)121-83)124-86-73(113)79(64(104)54(42-93)118-86)127-82-62(90-50(4)100)68(108)77(58(46-97)122-82)125-87-75(115)81(66(106)56(44-95)119-87)129-85-71(111)69(109)63(103)53(41-92)117-85/h19-20,37,39,51-59,61-88,92-98,101,103-115H,5-18,21-36,38,40-48H2,1-4H3,(H,89,99)(H,90,100)(H,91,102)/b20-19-,39-37+/t51-,52+,53?,54?,55?,56?,57?,58?,59?,61?,62?,63-,64-,65-,66-,67+,68+,69-,70+,71?,72?,73?,74?,75?,76+,77+,78+,79-,80-,81-,82-,83-,84+,85+,86-,87-,88-/m0/s1. The largest absolute Gasteiger partial charge is 0.394 e. The lowest BCUT2D eigenvalue weighted by molar-refractivity contribution is -0.389. The average molecular weight is 1870 g/mol. The van der Waals surface area contributed by atoms with Gasteiger partial charge in [0.1, 0.15) is 171 Å². The van der Waals surface area contributed by atoms with Gasteiger partial charge in [-0.2, -0.15) is 0 Å². The first-order chi connectivity index (χ1) is 62.1. The Balaban J connectivity index is 0.962. The molecule has 3 amide bonds. The minimum Gasteiger partial charge on any atom is -0.394 e. The highest BCUT2D eigenvalue weighted by Crippen LogP contribution is 2.39. The summed E-state index contributed by atoms with van der Waals surface area (Å²) in [4.78, 5) is 39.6. The molecule has 37 atom stereocenters. The number of hydrogen-bond acceptors (Lipinski definition) is 38. The molecular weight excluding hydrogens is 1710 g/mol. The van der Waals surface area contributed by atoms with Crippen molar-refractivity contribution in [2.24, 2.45) is 0 Å². The van der Waals surface area contributed by atoms with E-state index in [9.17, 15) is 122 Å². The number of aliphatic hydroxyl groups excluding tert-OH is 21. The zero-order valence-corrected chi connectivity index (χ0v) is 75.3. The zero-order chi connectivity index (χ0) is 94.2. The van der Waals surface area contributed by atoms with Crippen LogP contribution in [0, 0.1) is 0 Å². The number of carbonyl (C=O) groups excluding carboxylic acids is 3. The molecule has 0 saturated carbocycles. The van der Waals surface area contributed by atoms with Gasteiger partial charge in [-0.3, -0.25) is 14.4 Å². The van der Waals surface area contributed by atoms with E-state index in [1.165, 1.54) is 122 Å². The monoisotopic (exact) mass is 1860 g/mol. The van der Waals surface area contributed by atoms with E-state index in [4.69, 9.17) is 66.3 Å². The van der Waals surface area contributed by atoms with Gasteiger partial charge in [0.05, 0.1) is 65.0 Å². The van der Waals surface area contributed by atoms with Gasteiger partial charge in [0, 0.05) is 20.3 Å². The van der Waals surface area contributed by atoms with Crippen LogP contribution >= 0.6 is 0 Å². The van der Waals surface area contributed by atoms with E-state index in [2.05, 4.69) is 41.9 Å². The summed E-state index contributed by atoms with van der Waals surface area (Å²) in [7, 11) is 0. The molecule has 7 aliphatic rings. The van der Waals surface area contributed by atoms with Gasteiger partial charge in [0.15, 0.2) is 44.0 Å². The molecule has 0 aromatic carbocycles. The van der Waals surface area contributed by atoms with Gasteiger partial charge in [-0.15, -0.1) is 0 Å². The summed E-state index contributed by atoms with van der Waals surface area (Å²) < 4.78 is 82.6. The van der Waals surface area contributed by atoms with Gasteiger partial charge in [-0.25, -0.2) is 0 Å². The van der Waals surface area contributed by atoms with Crippen LogP contribution in [0.2, 0.25) is 0 Å². The third-order valence-corrected chi connectivity index (χ3v) is 25.0. The zero-order valence-electron chi connectivity index (χ0n) is 75.3. The van der Waals surface area contributed by atoms with Crippen molar-refractivity contribution in [2.75, 3.05) is 52.9 Å². The summed E-state index contributed by atoms with van der Waals surface area (Å²) in [5, 5.41) is 243. The summed E-state index contributed by atoms with van der Waals surface area (Å²) in [5.74, 6) is -2.14. The lowest BCUT2D eigenvalue weighted by Gasteiger charge is -2.51. The molecule has 0 radical (unpaired) electrons. The minimum absolute atomic E-state index is 0.160. The van der Waals surface area contributed by atoms with Crippen molar-refractivity contribution in [1.29, 1.82) is 0 Å². The Bertz CT molecular complexity index is 3090. The SMILES string of the molecule is CCCCCCCC/C=C\CCCCCCCCCCCCCC(=O)N[C@@H](CO[C@@H]1OC(CO)[C@@H](O[C@@H]2OC(CO)[C@H](O)[C@H](O[C@@H]3OC(CO)[C@@H](O[C@@H]4OC(CO)[C@H](O)[C@H](O[C@@H]5OC(CO)[C@@H](O[C@@H]6OC(CO)[C@H](O)[C@H](O[C@H]7OC(CO)[C@H](O)[C@H](O)C7O)C6O)[C@H](O)C5NC(C)=O)C4O)[C@H](O)C3NC(C)=O)C2O)[C@H](O)C1O)[C@H](O)/C=C/CCCCCCCCCCCCC. The van der Waals surface area contributed by atoms with Gasteiger partial charge in [0.25, 0.3) is 0 Å². The van der Waals surface area contributed by atoms with Gasteiger partial charge in [-0.05, 0) is 44.9 Å². The van der Waals surface area contributed by atoms with Crippen molar-refractivity contribution in [3.63, 3.8) is 0 Å². The molecule has 0 bridgehead atoms. The molecular formula is C88H157N3O38. The highest BCUT2D eigenvalue weighted by Gasteiger charge is 2.60. The Morgan fingerprint density at radius 2 is 0.581 bits per heavy atom. The fraction of sp³-hybridized carbons (Fsp3) is 0.920. The van der Waals surface area contributed by atoms with Crippen molar-refractivity contribution < 1.29 is 188 Å². The lowest BCUT2D eigenvalue weighted by atomic mass is 9.93. The van der Waals surface area contributed by atoms with Crippen molar-refractivity contribution in [3.8, 4) is 0 Å². The van der Waals surface area contributed by atoms with Crippen LogP contribution in [-0.4, -0.2) is 405 Å². The van der Waals surface area contributed by atoms with E-state index in [1.807, 2.05) is 6.08 Å². The normalized spacial score (nSPS) is 37.5. The first-order valence-electron chi connectivity index (χ1n) is 47.1. The Morgan fingerprint density at radius 3 is 0.930 bits per heavy atom. The Labute approximate surface area is 755 Å². The number of unbranched alkanes of at least 4 members (excludes halogenated alkanes) is 28. The molecule has 41 heteroatoms. The fourth-order valence-electron chi connectivity index (χ4n) is 17.3. The van der Waals surface area contributed by atoms with Gasteiger partial charge >= 0.3 is 0 Å². The van der Waals surface area contributed by atoms with Crippen molar-refractivity contribution >= 4 is 17.7 Å². The molecule has 14 unspecified atom stereocenters. The molecule has 7 rings (SSSR count). The van der Waals surface area contributed by atoms with Crippen molar-refractivity contribution in [2.45, 2.75) is 460 Å². The van der Waals surface area contributed by atoms with Gasteiger partial charge < -0.3 is 190 Å². The molecule has 7 heterocycles. The summed E-state index contributed by atoms with van der Waals surface area (Å²) in [5.41, 5.74) is 0. The second kappa shape index (κ2) is 60.3. The number of nitrogens with one attached hydrogen (secondary N) is 3. The quantitative estimate of drug-likeness (QED) is 0.0221. The van der Waals surface area contributed by atoms with Crippen LogP contribution in [0.1, 0.15) is 233 Å². The van der Waals surface area contributed by atoms with E-state index >= 15 is 0 Å². The Kier molecular flexibility index (Phi) is 52.5. The number of aliphatic hydroxyl groups is 21. The topological polar surface area (TPSA) is 641 Å². The molecule has 129 heavy (non-hydrogen) atoms. The van der Waals surface area contributed by atoms with E-state index < -0.39 is 292 Å². The average Bonchev–Trinajstić information content (AvgIpc) is 0.757. The predicted octanol–water partition coefficient (Wildman–Crippen LogP) is -2.48. The summed E-state index contributed by atoms with van der Waals surface area (Å²) >= 11 is 0. The first-order valence-corrected chi connectivity index (χ1v) is 47.1. The number of carbonyl (C=O) groups is 3. The molecule has 7 fully saturated rings. The van der Waals surface area contributed by atoms with E-state index in [0.29, 0.717) is 12.8 Å². The maximum absolute atomic E-state index is 13.6. The van der Waals surface area contributed by atoms with Crippen LogP contribution in [0.25, 0.3) is 0 Å². The molecule has 7 aliphatic heterocycles. The number of amides is 3. The lowest BCUT2D eigenvalue weighted by Crippen LogP contribution is -2.71. The van der Waals surface area contributed by atoms with E-state index in [1.54, 1.807) is 6.08 Å².